The number of hydrazine groups is 1. The summed E-state index contributed by atoms with van der Waals surface area (Å²) in [5.74, 6) is 6.44. The number of rotatable bonds is 1. The zero-order valence-corrected chi connectivity index (χ0v) is 11.6. The average Bonchev–Trinajstić information content (AvgIpc) is 2.43. The first-order valence-corrected chi connectivity index (χ1v) is 6.86. The maximum Gasteiger partial charge on any atom is 0.276 e. The van der Waals surface area contributed by atoms with Crippen LogP contribution in [0.1, 0.15) is 13.3 Å². The van der Waals surface area contributed by atoms with Crippen LogP contribution < -0.4 is 15.9 Å². The van der Waals surface area contributed by atoms with E-state index in [4.69, 9.17) is 10.6 Å². The second-order valence-electron chi connectivity index (χ2n) is 4.66. The summed E-state index contributed by atoms with van der Waals surface area (Å²) in [7, 11) is 1.63. The first-order chi connectivity index (χ1) is 9.10. The van der Waals surface area contributed by atoms with Gasteiger partial charge in [-0.2, -0.15) is 0 Å². The number of carbonyl (C=O) groups excluding carboxylic acids is 1. The largest absolute Gasteiger partial charge is 0.497 e. The van der Waals surface area contributed by atoms with Gasteiger partial charge >= 0.3 is 0 Å². The van der Waals surface area contributed by atoms with E-state index in [0.717, 1.165) is 28.5 Å². The fourth-order valence-electron chi connectivity index (χ4n) is 2.24. The van der Waals surface area contributed by atoms with Crippen LogP contribution in [0.5, 0.6) is 5.75 Å². The van der Waals surface area contributed by atoms with Crippen molar-refractivity contribution in [2.75, 3.05) is 12.4 Å². The Bertz CT molecular complexity index is 585. The fraction of sp³-hybridized carbons (Fsp3) is 0.308. The first-order valence-electron chi connectivity index (χ1n) is 6.04. The van der Waals surface area contributed by atoms with Crippen molar-refractivity contribution in [3.05, 3.63) is 28.8 Å². The number of nitrogens with one attached hydrogen (secondary N) is 1. The summed E-state index contributed by atoms with van der Waals surface area (Å²) < 4.78 is 5.20. The normalized spacial score (nSPS) is 21.7. The summed E-state index contributed by atoms with van der Waals surface area (Å²) in [6.45, 7) is 1.94. The van der Waals surface area contributed by atoms with Crippen LogP contribution in [-0.4, -0.2) is 24.1 Å². The van der Waals surface area contributed by atoms with Gasteiger partial charge in [-0.15, -0.1) is 0 Å². The predicted octanol–water partition coefficient (Wildman–Crippen LogP) is 1.92. The molecule has 3 rings (SSSR count). The summed E-state index contributed by atoms with van der Waals surface area (Å²) in [6.07, 6.45) is 0.746. The summed E-state index contributed by atoms with van der Waals surface area (Å²) in [6, 6.07) is 5.80. The van der Waals surface area contributed by atoms with E-state index in [1.54, 1.807) is 7.11 Å². The number of benzene rings is 1. The number of anilines is 1. The monoisotopic (exact) mass is 277 g/mol. The number of carbonyl (C=O) groups is 1. The van der Waals surface area contributed by atoms with Crippen LogP contribution in [0.25, 0.3) is 0 Å². The lowest BCUT2D eigenvalue weighted by Crippen LogP contribution is -2.48. The van der Waals surface area contributed by atoms with E-state index in [9.17, 15) is 4.79 Å². The average molecular weight is 277 g/mol. The summed E-state index contributed by atoms with van der Waals surface area (Å²) >= 11 is 1.45. The van der Waals surface area contributed by atoms with Crippen LogP contribution in [0.2, 0.25) is 0 Å². The minimum absolute atomic E-state index is 0.0131. The number of fused-ring (bicyclic) bond motifs is 1. The third-order valence-corrected chi connectivity index (χ3v) is 4.55. The molecule has 100 valence electrons. The Hall–Kier alpha value is -1.66. The molecule has 5 nitrogen and oxygen atoms in total. The van der Waals surface area contributed by atoms with Gasteiger partial charge in [-0.25, -0.2) is 5.84 Å². The Kier molecular flexibility index (Phi) is 2.91. The van der Waals surface area contributed by atoms with Gasteiger partial charge in [-0.3, -0.25) is 9.80 Å². The zero-order chi connectivity index (χ0) is 13.6. The number of hydrogen-bond acceptors (Lipinski definition) is 5. The number of amides is 1. The first kappa shape index (κ1) is 12.4. The highest BCUT2D eigenvalue weighted by molar-refractivity contribution is 8.04. The molecule has 0 radical (unpaired) electrons. The molecule has 1 aromatic rings. The van der Waals surface area contributed by atoms with Gasteiger partial charge in [0.25, 0.3) is 5.91 Å². The molecular formula is C13H15N3O2S. The molecule has 0 saturated heterocycles. The third-order valence-electron chi connectivity index (χ3n) is 3.36. The van der Waals surface area contributed by atoms with Gasteiger partial charge in [0.2, 0.25) is 0 Å². The summed E-state index contributed by atoms with van der Waals surface area (Å²) in [5.41, 5.74) is 1.97. The highest BCUT2D eigenvalue weighted by Crippen LogP contribution is 2.44. The van der Waals surface area contributed by atoms with Gasteiger partial charge in [0, 0.05) is 17.0 Å². The molecule has 0 saturated carbocycles. The Morgan fingerprint density at radius 1 is 1.53 bits per heavy atom. The second kappa shape index (κ2) is 4.47. The predicted molar refractivity (Wildman–Crippen MR) is 74.6 cm³/mol. The second-order valence-corrected chi connectivity index (χ2v) is 5.71. The third kappa shape index (κ3) is 1.97. The Balaban J connectivity index is 1.99. The maximum atomic E-state index is 12.2. The van der Waals surface area contributed by atoms with E-state index >= 15 is 0 Å². The Labute approximate surface area is 115 Å². The fourth-order valence-corrected chi connectivity index (χ4v) is 3.31. The van der Waals surface area contributed by atoms with E-state index in [-0.39, 0.29) is 11.9 Å². The van der Waals surface area contributed by atoms with E-state index in [1.807, 2.05) is 25.1 Å². The number of thioether (sulfide) groups is 1. The van der Waals surface area contributed by atoms with Crippen molar-refractivity contribution < 1.29 is 9.53 Å². The molecule has 19 heavy (non-hydrogen) atoms. The molecule has 0 fully saturated rings. The minimum Gasteiger partial charge on any atom is -0.497 e. The van der Waals surface area contributed by atoms with Crippen molar-refractivity contribution in [1.29, 1.82) is 0 Å². The van der Waals surface area contributed by atoms with Gasteiger partial charge in [0.15, 0.2) is 0 Å². The topological polar surface area (TPSA) is 67.6 Å². The lowest BCUT2D eigenvalue weighted by Gasteiger charge is -2.35. The molecule has 1 aromatic carbocycles. The highest BCUT2D eigenvalue weighted by Gasteiger charge is 2.34. The van der Waals surface area contributed by atoms with Gasteiger partial charge in [0.1, 0.15) is 5.75 Å². The van der Waals surface area contributed by atoms with Gasteiger partial charge in [0.05, 0.1) is 23.7 Å². The Morgan fingerprint density at radius 3 is 3.05 bits per heavy atom. The SMILES string of the molecule is COc1ccc2c(c1)SC1=C(CC(C)N(N)C1=O)N2. The van der Waals surface area contributed by atoms with Crippen LogP contribution in [-0.2, 0) is 4.79 Å². The molecular weight excluding hydrogens is 262 g/mol. The smallest absolute Gasteiger partial charge is 0.276 e. The number of hydrogen-bond donors (Lipinski definition) is 2. The lowest BCUT2D eigenvalue weighted by molar-refractivity contribution is -0.129. The number of nitrogens with zero attached hydrogens (tertiary/aromatic N) is 1. The standard InChI is InChI=1S/C13H15N3O2S/c1-7-5-10-12(13(17)16(7)14)19-11-6-8(18-2)3-4-9(11)15-10/h3-4,6-7,15H,5,14H2,1-2H3. The number of ether oxygens (including phenoxy) is 1. The van der Waals surface area contributed by atoms with Crippen molar-refractivity contribution in [2.45, 2.75) is 24.3 Å². The Morgan fingerprint density at radius 2 is 2.32 bits per heavy atom. The van der Waals surface area contributed by atoms with Crippen molar-refractivity contribution in [3.8, 4) is 5.75 Å². The number of nitrogens with two attached hydrogens (primary N) is 1. The van der Waals surface area contributed by atoms with Gasteiger partial charge < -0.3 is 10.1 Å². The molecule has 3 N–H and O–H groups in total. The maximum absolute atomic E-state index is 12.2. The molecule has 1 amide bonds. The molecule has 2 aliphatic rings. The molecule has 1 atom stereocenters. The van der Waals surface area contributed by atoms with Crippen LogP contribution in [0, 0.1) is 0 Å². The van der Waals surface area contributed by atoms with Crippen molar-refractivity contribution in [2.24, 2.45) is 5.84 Å². The number of methoxy groups -OCH3 is 1. The summed E-state index contributed by atoms with van der Waals surface area (Å²) in [5, 5.41) is 4.64. The van der Waals surface area contributed by atoms with Crippen LogP contribution >= 0.6 is 11.8 Å². The molecule has 1 unspecified atom stereocenters. The van der Waals surface area contributed by atoms with Crippen molar-refractivity contribution >= 4 is 23.4 Å². The van der Waals surface area contributed by atoms with Crippen LogP contribution in [0.15, 0.2) is 33.7 Å². The quantitative estimate of drug-likeness (QED) is 0.606. The molecule has 2 heterocycles. The van der Waals surface area contributed by atoms with Crippen molar-refractivity contribution in [3.63, 3.8) is 0 Å². The zero-order valence-electron chi connectivity index (χ0n) is 10.8. The summed E-state index contributed by atoms with van der Waals surface area (Å²) in [4.78, 5) is 13.8. The van der Waals surface area contributed by atoms with E-state index in [1.165, 1.54) is 16.8 Å². The molecule has 0 aliphatic carbocycles. The molecule has 0 spiro atoms. The van der Waals surface area contributed by atoms with E-state index in [0.29, 0.717) is 4.91 Å². The van der Waals surface area contributed by atoms with Crippen LogP contribution in [0.3, 0.4) is 0 Å². The molecule has 6 heteroatoms. The molecule has 0 bridgehead atoms. The molecule has 2 aliphatic heterocycles. The highest BCUT2D eigenvalue weighted by atomic mass is 32.2. The lowest BCUT2D eigenvalue weighted by atomic mass is 10.1. The van der Waals surface area contributed by atoms with Gasteiger partial charge in [-0.1, -0.05) is 11.8 Å². The van der Waals surface area contributed by atoms with Crippen molar-refractivity contribution in [1.82, 2.24) is 5.01 Å². The van der Waals surface area contributed by atoms with E-state index < -0.39 is 0 Å². The van der Waals surface area contributed by atoms with Crippen LogP contribution in [0.4, 0.5) is 5.69 Å². The minimum atomic E-state index is -0.125. The molecule has 0 aromatic heterocycles. The van der Waals surface area contributed by atoms with Gasteiger partial charge in [-0.05, 0) is 25.1 Å². The van der Waals surface area contributed by atoms with E-state index in [2.05, 4.69) is 5.32 Å².